The van der Waals surface area contributed by atoms with Crippen molar-refractivity contribution in [1.82, 2.24) is 9.80 Å². The fraction of sp³-hybridized carbons (Fsp3) is 0.500. The minimum atomic E-state index is -0.120. The van der Waals surface area contributed by atoms with Gasteiger partial charge in [0.05, 0.1) is 6.04 Å². The van der Waals surface area contributed by atoms with Gasteiger partial charge in [-0.3, -0.25) is 9.59 Å². The maximum absolute atomic E-state index is 13.2. The highest BCUT2D eigenvalue weighted by atomic mass is 32.1. The fourth-order valence-electron chi connectivity index (χ4n) is 4.12. The Morgan fingerprint density at radius 2 is 1.93 bits per heavy atom. The predicted molar refractivity (Wildman–Crippen MR) is 119 cm³/mol. The van der Waals surface area contributed by atoms with Gasteiger partial charge in [-0.15, -0.1) is 11.3 Å². The van der Waals surface area contributed by atoms with Crippen molar-refractivity contribution in [2.75, 3.05) is 19.7 Å². The highest BCUT2D eigenvalue weighted by Gasteiger charge is 2.36. The molecule has 1 aliphatic carbocycles. The molecule has 2 heterocycles. The van der Waals surface area contributed by atoms with Gasteiger partial charge in [0.25, 0.3) is 0 Å². The summed E-state index contributed by atoms with van der Waals surface area (Å²) in [7, 11) is 0. The number of amides is 2. The van der Waals surface area contributed by atoms with E-state index in [1.807, 2.05) is 17.0 Å². The number of hydrogen-bond acceptors (Lipinski definition) is 4. The molecule has 4 rings (SSSR count). The average molecular weight is 427 g/mol. The quantitative estimate of drug-likeness (QED) is 0.660. The molecule has 1 aromatic heterocycles. The Labute approximate surface area is 182 Å². The molecule has 2 amide bonds. The lowest BCUT2D eigenvalue weighted by molar-refractivity contribution is -0.142. The summed E-state index contributed by atoms with van der Waals surface area (Å²) in [6.07, 6.45) is 2.86. The Hall–Kier alpha value is -2.34. The van der Waals surface area contributed by atoms with Crippen LogP contribution in [0.25, 0.3) is 0 Å². The highest BCUT2D eigenvalue weighted by Crippen LogP contribution is 2.35. The summed E-state index contributed by atoms with van der Waals surface area (Å²) in [6, 6.07) is 10.4. The van der Waals surface area contributed by atoms with Crippen molar-refractivity contribution >= 4 is 23.2 Å². The Balaban J connectivity index is 1.48. The molecule has 1 fully saturated rings. The van der Waals surface area contributed by atoms with Gasteiger partial charge in [-0.2, -0.15) is 0 Å². The van der Waals surface area contributed by atoms with E-state index >= 15 is 0 Å². The zero-order valence-electron chi connectivity index (χ0n) is 18.0. The molecule has 30 heavy (non-hydrogen) atoms. The summed E-state index contributed by atoms with van der Waals surface area (Å²) in [4.78, 5) is 30.2. The molecule has 0 radical (unpaired) electrons. The highest BCUT2D eigenvalue weighted by molar-refractivity contribution is 7.10. The number of thiophene rings is 1. The molecule has 1 atom stereocenters. The van der Waals surface area contributed by atoms with Gasteiger partial charge in [0.1, 0.15) is 18.9 Å². The Bertz CT molecular complexity index is 901. The van der Waals surface area contributed by atoms with Gasteiger partial charge in [0.15, 0.2) is 0 Å². The summed E-state index contributed by atoms with van der Waals surface area (Å²) in [5, 5.41) is 2.09. The largest absolute Gasteiger partial charge is 0.491 e. The minimum Gasteiger partial charge on any atom is -0.491 e. The second-order valence-corrected chi connectivity index (χ2v) is 9.57. The van der Waals surface area contributed by atoms with E-state index in [9.17, 15) is 9.59 Å². The van der Waals surface area contributed by atoms with E-state index < -0.39 is 0 Å². The first-order chi connectivity index (χ1) is 14.4. The summed E-state index contributed by atoms with van der Waals surface area (Å²) in [5.41, 5.74) is 2.46. The smallest absolute Gasteiger partial charge is 0.242 e. The van der Waals surface area contributed by atoms with E-state index in [2.05, 4.69) is 37.4 Å². The fourth-order valence-corrected chi connectivity index (χ4v) is 5.05. The Kier molecular flexibility index (Phi) is 6.14. The molecule has 0 N–H and O–H groups in total. The Morgan fingerprint density at radius 1 is 1.20 bits per heavy atom. The number of nitrogens with zero attached hydrogens (tertiary/aromatic N) is 2. The first-order valence-electron chi connectivity index (χ1n) is 10.8. The van der Waals surface area contributed by atoms with Crippen LogP contribution >= 0.6 is 11.3 Å². The Morgan fingerprint density at radius 3 is 2.57 bits per heavy atom. The third-order valence-corrected chi connectivity index (χ3v) is 7.06. The second-order valence-electron chi connectivity index (χ2n) is 8.56. The molecular weight excluding hydrogens is 396 g/mol. The molecule has 0 saturated heterocycles. The van der Waals surface area contributed by atoms with Crippen LogP contribution in [0.4, 0.5) is 0 Å². The van der Waals surface area contributed by atoms with E-state index in [0.717, 1.165) is 25.0 Å². The lowest BCUT2D eigenvalue weighted by Gasteiger charge is -2.37. The topological polar surface area (TPSA) is 49.9 Å². The predicted octanol–water partition coefficient (Wildman–Crippen LogP) is 4.39. The van der Waals surface area contributed by atoms with Crippen molar-refractivity contribution in [3.63, 3.8) is 0 Å². The summed E-state index contributed by atoms with van der Waals surface area (Å²) >= 11 is 1.75. The molecule has 6 heteroatoms. The molecular formula is C24H30N2O3S. The van der Waals surface area contributed by atoms with Crippen LogP contribution < -0.4 is 4.74 Å². The number of carbonyl (C=O) groups is 2. The average Bonchev–Trinajstić information content (AvgIpc) is 3.45. The maximum atomic E-state index is 13.2. The monoisotopic (exact) mass is 426 g/mol. The molecule has 1 unspecified atom stereocenters. The van der Waals surface area contributed by atoms with Gasteiger partial charge < -0.3 is 14.5 Å². The third kappa shape index (κ3) is 4.53. The standard InChI is InChI=1S/C24H30N2O3S/c1-16(2)18-4-8-20(9-5-18)29-15-22-21-11-13-30-23(21)10-12-25(22)24(28)14-26(17(3)27)19-6-7-19/h4-5,8-9,11,13,16,19,22H,6-7,10,12,14-15H2,1-3H3. The van der Waals surface area contributed by atoms with Crippen molar-refractivity contribution in [3.05, 3.63) is 51.7 Å². The van der Waals surface area contributed by atoms with Crippen LogP contribution in [-0.2, 0) is 16.0 Å². The lowest BCUT2D eigenvalue weighted by atomic mass is 10.00. The first kappa shape index (κ1) is 20.9. The van der Waals surface area contributed by atoms with Crippen molar-refractivity contribution in [3.8, 4) is 5.75 Å². The zero-order valence-corrected chi connectivity index (χ0v) is 18.8. The van der Waals surface area contributed by atoms with Gasteiger partial charge in [0, 0.05) is 24.4 Å². The molecule has 160 valence electrons. The number of fused-ring (bicyclic) bond motifs is 1. The van der Waals surface area contributed by atoms with Gasteiger partial charge in [-0.05, 0) is 59.9 Å². The van der Waals surface area contributed by atoms with E-state index in [0.29, 0.717) is 19.1 Å². The van der Waals surface area contributed by atoms with Crippen molar-refractivity contribution in [2.45, 2.75) is 58.0 Å². The number of rotatable bonds is 7. The second kappa shape index (κ2) is 8.80. The van der Waals surface area contributed by atoms with Crippen molar-refractivity contribution in [2.24, 2.45) is 0 Å². The summed E-state index contributed by atoms with van der Waals surface area (Å²) < 4.78 is 6.13. The van der Waals surface area contributed by atoms with Crippen LogP contribution in [0.1, 0.15) is 61.6 Å². The van der Waals surface area contributed by atoms with Gasteiger partial charge in [-0.1, -0.05) is 26.0 Å². The van der Waals surface area contributed by atoms with E-state index in [4.69, 9.17) is 4.74 Å². The number of carbonyl (C=O) groups excluding carboxylic acids is 2. The molecule has 2 aromatic rings. The molecule has 1 aromatic carbocycles. The van der Waals surface area contributed by atoms with E-state index in [1.165, 1.54) is 16.0 Å². The first-order valence-corrected chi connectivity index (χ1v) is 11.7. The number of hydrogen-bond donors (Lipinski definition) is 0. The number of ether oxygens (including phenoxy) is 1. The molecule has 0 bridgehead atoms. The molecule has 1 aliphatic heterocycles. The van der Waals surface area contributed by atoms with Gasteiger partial charge in [-0.25, -0.2) is 0 Å². The molecule has 5 nitrogen and oxygen atoms in total. The summed E-state index contributed by atoms with van der Waals surface area (Å²) in [5.74, 6) is 1.29. The van der Waals surface area contributed by atoms with Gasteiger partial charge >= 0.3 is 0 Å². The van der Waals surface area contributed by atoms with Crippen molar-refractivity contribution in [1.29, 1.82) is 0 Å². The van der Waals surface area contributed by atoms with E-state index in [1.54, 1.807) is 23.2 Å². The molecule has 2 aliphatic rings. The van der Waals surface area contributed by atoms with Crippen LogP contribution in [0.5, 0.6) is 5.75 Å². The van der Waals surface area contributed by atoms with Crippen LogP contribution in [0.15, 0.2) is 35.7 Å². The van der Waals surface area contributed by atoms with Gasteiger partial charge in [0.2, 0.25) is 11.8 Å². The number of benzene rings is 1. The van der Waals surface area contributed by atoms with Crippen molar-refractivity contribution < 1.29 is 14.3 Å². The minimum absolute atomic E-state index is 0.0118. The lowest BCUT2D eigenvalue weighted by Crippen LogP contribution is -2.48. The normalized spacial score (nSPS) is 18.3. The molecule has 1 saturated carbocycles. The van der Waals surface area contributed by atoms with Crippen LogP contribution in [-0.4, -0.2) is 47.4 Å². The zero-order chi connectivity index (χ0) is 21.3. The third-order valence-electron chi connectivity index (χ3n) is 6.07. The molecule has 0 spiro atoms. The van der Waals surface area contributed by atoms with E-state index in [-0.39, 0.29) is 30.4 Å². The SMILES string of the molecule is CC(=O)N(CC(=O)N1CCc2sccc2C1COc1ccc(C(C)C)cc1)C1CC1. The van der Waals surface area contributed by atoms with Crippen LogP contribution in [0, 0.1) is 0 Å². The maximum Gasteiger partial charge on any atom is 0.242 e. The summed E-state index contributed by atoms with van der Waals surface area (Å²) in [6.45, 7) is 7.15. The van der Waals surface area contributed by atoms with Crippen LogP contribution in [0.2, 0.25) is 0 Å². The van der Waals surface area contributed by atoms with Crippen LogP contribution in [0.3, 0.4) is 0 Å².